The Kier molecular flexibility index (Phi) is 5.48. The van der Waals surface area contributed by atoms with Crippen LogP contribution in [0.15, 0.2) is 30.3 Å². The summed E-state index contributed by atoms with van der Waals surface area (Å²) in [6, 6.07) is 9.48. The van der Waals surface area contributed by atoms with Crippen LogP contribution in [0, 0.1) is 5.92 Å². The van der Waals surface area contributed by atoms with Gasteiger partial charge >= 0.3 is 5.97 Å². The minimum absolute atomic E-state index is 0.0502. The van der Waals surface area contributed by atoms with Crippen LogP contribution in [0.4, 0.5) is 0 Å². The molecule has 1 N–H and O–H groups in total. The van der Waals surface area contributed by atoms with Crippen molar-refractivity contribution in [1.29, 1.82) is 0 Å². The second-order valence-corrected chi connectivity index (χ2v) is 6.76. The molecule has 1 atom stereocenters. The molecule has 0 aromatic heterocycles. The van der Waals surface area contributed by atoms with E-state index in [2.05, 4.69) is 0 Å². The van der Waals surface area contributed by atoms with Crippen LogP contribution in [0.3, 0.4) is 0 Å². The van der Waals surface area contributed by atoms with E-state index in [-0.39, 0.29) is 36.0 Å². The van der Waals surface area contributed by atoms with Crippen LogP contribution in [-0.4, -0.2) is 49.0 Å². The third-order valence-corrected chi connectivity index (χ3v) is 5.14. The van der Waals surface area contributed by atoms with Crippen molar-refractivity contribution in [2.24, 2.45) is 5.92 Å². The average molecular weight is 345 g/mol. The van der Waals surface area contributed by atoms with Gasteiger partial charge in [-0.15, -0.1) is 0 Å². The molecule has 0 unspecified atom stereocenters. The van der Waals surface area contributed by atoms with Crippen molar-refractivity contribution >= 4 is 17.8 Å². The highest BCUT2D eigenvalue weighted by Gasteiger charge is 2.41. The van der Waals surface area contributed by atoms with Gasteiger partial charge in [0.15, 0.2) is 6.67 Å². The molecule has 6 heteroatoms. The lowest BCUT2D eigenvalue weighted by Crippen LogP contribution is -3.14. The lowest BCUT2D eigenvalue weighted by atomic mass is 9.97. The molecule has 1 aromatic rings. The van der Waals surface area contributed by atoms with Crippen molar-refractivity contribution in [2.75, 3.05) is 26.4 Å². The highest BCUT2D eigenvalue weighted by atomic mass is 16.5. The summed E-state index contributed by atoms with van der Waals surface area (Å²) >= 11 is 0. The fourth-order valence-electron chi connectivity index (χ4n) is 3.70. The first-order valence-electron chi connectivity index (χ1n) is 8.99. The van der Waals surface area contributed by atoms with Crippen LogP contribution < -0.4 is 4.90 Å². The van der Waals surface area contributed by atoms with E-state index in [9.17, 15) is 14.4 Å². The SMILES string of the molecule is CCOC(=O)C1CC[NH+](CN2C(=O)C[C@@H](c3ccccc3)C2=O)CC1. The third-order valence-electron chi connectivity index (χ3n) is 5.14. The van der Waals surface area contributed by atoms with Crippen molar-refractivity contribution in [3.05, 3.63) is 35.9 Å². The smallest absolute Gasteiger partial charge is 0.309 e. The number of quaternary nitrogens is 1. The molecule has 0 aliphatic carbocycles. The predicted molar refractivity (Wildman–Crippen MR) is 90.6 cm³/mol. The van der Waals surface area contributed by atoms with Crippen molar-refractivity contribution < 1.29 is 24.0 Å². The fraction of sp³-hybridized carbons (Fsp3) is 0.526. The first-order valence-corrected chi connectivity index (χ1v) is 8.99. The van der Waals surface area contributed by atoms with Gasteiger partial charge in [0.2, 0.25) is 11.8 Å². The molecule has 0 bridgehead atoms. The lowest BCUT2D eigenvalue weighted by molar-refractivity contribution is -0.913. The van der Waals surface area contributed by atoms with Gasteiger partial charge in [-0.3, -0.25) is 14.4 Å². The number of ether oxygens (including phenoxy) is 1. The average Bonchev–Trinajstić information content (AvgIpc) is 2.91. The van der Waals surface area contributed by atoms with Gasteiger partial charge < -0.3 is 9.64 Å². The Morgan fingerprint density at radius 3 is 2.52 bits per heavy atom. The Morgan fingerprint density at radius 2 is 1.88 bits per heavy atom. The molecule has 2 heterocycles. The fourth-order valence-corrected chi connectivity index (χ4v) is 3.70. The van der Waals surface area contributed by atoms with Crippen LogP contribution in [0.2, 0.25) is 0 Å². The zero-order valence-electron chi connectivity index (χ0n) is 14.6. The highest BCUT2D eigenvalue weighted by molar-refractivity contribution is 6.06. The molecule has 2 fully saturated rings. The summed E-state index contributed by atoms with van der Waals surface area (Å²) in [7, 11) is 0. The second-order valence-electron chi connectivity index (χ2n) is 6.76. The molecule has 134 valence electrons. The summed E-state index contributed by atoms with van der Waals surface area (Å²) in [5.74, 6) is -0.731. The van der Waals surface area contributed by atoms with Gasteiger partial charge in [0.25, 0.3) is 0 Å². The third kappa shape index (κ3) is 3.90. The van der Waals surface area contributed by atoms with Gasteiger partial charge in [-0.25, -0.2) is 4.90 Å². The molecule has 0 saturated carbocycles. The molecule has 6 nitrogen and oxygen atoms in total. The molecule has 2 saturated heterocycles. The number of carbonyl (C=O) groups is 3. The Morgan fingerprint density at radius 1 is 1.20 bits per heavy atom. The van der Waals surface area contributed by atoms with Crippen molar-refractivity contribution in [1.82, 2.24) is 4.90 Å². The van der Waals surface area contributed by atoms with E-state index in [0.29, 0.717) is 13.3 Å². The number of benzene rings is 1. The predicted octanol–water partition coefficient (Wildman–Crippen LogP) is 0.345. The molecule has 1 aromatic carbocycles. The molecular weight excluding hydrogens is 320 g/mol. The Balaban J connectivity index is 1.56. The maximum Gasteiger partial charge on any atom is 0.309 e. The van der Waals surface area contributed by atoms with Crippen LogP contribution in [-0.2, 0) is 19.1 Å². The first-order chi connectivity index (χ1) is 12.1. The van der Waals surface area contributed by atoms with Crippen LogP contribution in [0.25, 0.3) is 0 Å². The second kappa shape index (κ2) is 7.78. The minimum Gasteiger partial charge on any atom is -0.466 e. The van der Waals surface area contributed by atoms with Gasteiger partial charge in [-0.2, -0.15) is 0 Å². The quantitative estimate of drug-likeness (QED) is 0.617. The number of amides is 2. The number of hydrogen-bond donors (Lipinski definition) is 1. The summed E-state index contributed by atoms with van der Waals surface area (Å²) in [6.45, 7) is 4.17. The standard InChI is InChI=1S/C19H24N2O4/c1-2-25-19(24)15-8-10-20(11-9-15)13-21-17(22)12-16(18(21)23)14-6-4-3-5-7-14/h3-7,15-16H,2,8-13H2,1H3/p+1/t16-/m0/s1. The van der Waals surface area contributed by atoms with Crippen molar-refractivity contribution in [3.63, 3.8) is 0 Å². The molecule has 3 rings (SSSR count). The van der Waals surface area contributed by atoms with E-state index in [0.717, 1.165) is 31.5 Å². The first kappa shape index (κ1) is 17.6. The number of nitrogens with one attached hydrogen (secondary N) is 1. The van der Waals surface area contributed by atoms with Crippen LogP contribution >= 0.6 is 0 Å². The maximum absolute atomic E-state index is 12.7. The van der Waals surface area contributed by atoms with Gasteiger partial charge in [-0.05, 0) is 12.5 Å². The molecular formula is C19H25N2O4+. The largest absolute Gasteiger partial charge is 0.466 e. The van der Waals surface area contributed by atoms with Gasteiger partial charge in [0.1, 0.15) is 0 Å². The zero-order valence-corrected chi connectivity index (χ0v) is 14.6. The molecule has 25 heavy (non-hydrogen) atoms. The summed E-state index contributed by atoms with van der Waals surface area (Å²) < 4.78 is 5.08. The number of esters is 1. The topological polar surface area (TPSA) is 68.1 Å². The van der Waals surface area contributed by atoms with E-state index in [1.807, 2.05) is 37.3 Å². The molecule has 2 aliphatic heterocycles. The summed E-state index contributed by atoms with van der Waals surface area (Å²) in [4.78, 5) is 39.4. The Bertz CT molecular complexity index is 638. The van der Waals surface area contributed by atoms with E-state index >= 15 is 0 Å². The van der Waals surface area contributed by atoms with Crippen molar-refractivity contribution in [3.8, 4) is 0 Å². The number of carbonyl (C=O) groups excluding carboxylic acids is 3. The monoisotopic (exact) mass is 345 g/mol. The van der Waals surface area contributed by atoms with E-state index in [4.69, 9.17) is 4.74 Å². The molecule has 2 aliphatic rings. The van der Waals surface area contributed by atoms with Gasteiger partial charge in [0.05, 0.1) is 31.5 Å². The summed E-state index contributed by atoms with van der Waals surface area (Å²) in [5, 5.41) is 0. The zero-order chi connectivity index (χ0) is 17.8. The number of piperidine rings is 1. The summed E-state index contributed by atoms with van der Waals surface area (Å²) in [5.41, 5.74) is 0.902. The Hall–Kier alpha value is -2.21. The van der Waals surface area contributed by atoms with Crippen LogP contribution in [0.1, 0.15) is 37.7 Å². The maximum atomic E-state index is 12.7. The lowest BCUT2D eigenvalue weighted by Gasteiger charge is -2.30. The Labute approximate surface area is 147 Å². The van der Waals surface area contributed by atoms with E-state index in [1.165, 1.54) is 9.80 Å². The number of hydrogen-bond acceptors (Lipinski definition) is 4. The van der Waals surface area contributed by atoms with E-state index in [1.54, 1.807) is 0 Å². The molecule has 0 radical (unpaired) electrons. The van der Waals surface area contributed by atoms with E-state index < -0.39 is 0 Å². The molecule has 0 spiro atoms. The van der Waals surface area contributed by atoms with Gasteiger partial charge in [0, 0.05) is 19.3 Å². The number of likely N-dealkylation sites (tertiary alicyclic amines) is 2. The molecule has 2 amide bonds. The number of nitrogens with zero attached hydrogens (tertiary/aromatic N) is 1. The van der Waals surface area contributed by atoms with Gasteiger partial charge in [-0.1, -0.05) is 30.3 Å². The number of imide groups is 1. The van der Waals surface area contributed by atoms with Crippen LogP contribution in [0.5, 0.6) is 0 Å². The highest BCUT2D eigenvalue weighted by Crippen LogP contribution is 2.28. The summed E-state index contributed by atoms with van der Waals surface area (Å²) in [6.07, 6.45) is 1.74. The minimum atomic E-state index is -0.356. The van der Waals surface area contributed by atoms with Crippen molar-refractivity contribution in [2.45, 2.75) is 32.1 Å². The normalized spacial score (nSPS) is 26.8. The number of rotatable bonds is 5.